The van der Waals surface area contributed by atoms with Crippen molar-refractivity contribution in [2.75, 3.05) is 6.54 Å². The minimum Gasteiger partial charge on any atom is -0.308 e. The van der Waals surface area contributed by atoms with Gasteiger partial charge in [-0.2, -0.15) is 0 Å². The highest BCUT2D eigenvalue weighted by Gasteiger charge is 2.22. The number of nitrogens with zero attached hydrogens (tertiary/aromatic N) is 3. The zero-order valence-electron chi connectivity index (χ0n) is 10.4. The van der Waals surface area contributed by atoms with Gasteiger partial charge < -0.3 is 9.88 Å². The Labute approximate surface area is 111 Å². The van der Waals surface area contributed by atoms with Crippen LogP contribution in [-0.4, -0.2) is 21.3 Å². The van der Waals surface area contributed by atoms with E-state index in [0.29, 0.717) is 0 Å². The number of hydrogen-bond acceptors (Lipinski definition) is 3. The average molecular weight is 263 g/mol. The lowest BCUT2D eigenvalue weighted by Gasteiger charge is -2.22. The first-order valence-corrected chi connectivity index (χ1v) is 6.48. The SMILES string of the molecule is Cc1c(Cl)cccc1-c1nnc2n1CCNC2C. The molecule has 1 aromatic heterocycles. The van der Waals surface area contributed by atoms with Crippen LogP contribution in [0, 0.1) is 6.92 Å². The van der Waals surface area contributed by atoms with Gasteiger partial charge in [0, 0.05) is 23.7 Å². The van der Waals surface area contributed by atoms with Gasteiger partial charge in [0.15, 0.2) is 5.82 Å². The monoisotopic (exact) mass is 262 g/mol. The second-order valence-corrected chi connectivity index (χ2v) is 5.03. The molecule has 0 bridgehead atoms. The zero-order valence-corrected chi connectivity index (χ0v) is 11.2. The van der Waals surface area contributed by atoms with Crippen molar-refractivity contribution in [2.45, 2.75) is 26.4 Å². The van der Waals surface area contributed by atoms with Crippen LogP contribution in [0.25, 0.3) is 11.4 Å². The van der Waals surface area contributed by atoms with Crippen LogP contribution in [0.4, 0.5) is 0 Å². The van der Waals surface area contributed by atoms with E-state index in [2.05, 4.69) is 27.0 Å². The van der Waals surface area contributed by atoms with E-state index in [1.807, 2.05) is 25.1 Å². The van der Waals surface area contributed by atoms with Crippen LogP contribution >= 0.6 is 11.6 Å². The molecule has 0 aliphatic carbocycles. The number of fused-ring (bicyclic) bond motifs is 1. The average Bonchev–Trinajstić information content (AvgIpc) is 2.78. The summed E-state index contributed by atoms with van der Waals surface area (Å²) in [6.45, 7) is 5.96. The van der Waals surface area contributed by atoms with Gasteiger partial charge in [-0.1, -0.05) is 23.7 Å². The van der Waals surface area contributed by atoms with Gasteiger partial charge in [-0.05, 0) is 25.5 Å². The summed E-state index contributed by atoms with van der Waals surface area (Å²) in [5.74, 6) is 1.91. The fourth-order valence-electron chi connectivity index (χ4n) is 2.39. The first kappa shape index (κ1) is 11.7. The quantitative estimate of drug-likeness (QED) is 0.859. The molecule has 2 aromatic rings. The first-order valence-electron chi connectivity index (χ1n) is 6.10. The Morgan fingerprint density at radius 2 is 2.22 bits per heavy atom. The highest BCUT2D eigenvalue weighted by molar-refractivity contribution is 6.31. The van der Waals surface area contributed by atoms with Gasteiger partial charge in [-0.25, -0.2) is 0 Å². The van der Waals surface area contributed by atoms with Gasteiger partial charge in [0.25, 0.3) is 0 Å². The minimum absolute atomic E-state index is 0.250. The first-order chi connectivity index (χ1) is 8.68. The predicted molar refractivity (Wildman–Crippen MR) is 71.6 cm³/mol. The van der Waals surface area contributed by atoms with E-state index in [0.717, 1.165) is 40.9 Å². The molecule has 0 spiro atoms. The summed E-state index contributed by atoms with van der Waals surface area (Å²) < 4.78 is 2.18. The third-order valence-corrected chi connectivity index (χ3v) is 3.87. The third-order valence-electron chi connectivity index (χ3n) is 3.46. The van der Waals surface area contributed by atoms with Crippen LogP contribution in [-0.2, 0) is 6.54 Å². The molecule has 0 saturated carbocycles. The lowest BCUT2D eigenvalue weighted by atomic mass is 10.1. The standard InChI is InChI=1S/C13H15ClN4/c1-8-10(4-3-5-11(8)14)13-17-16-12-9(2)15-6-7-18(12)13/h3-5,9,15H,6-7H2,1-2H3. The van der Waals surface area contributed by atoms with Crippen molar-refractivity contribution in [3.8, 4) is 11.4 Å². The summed E-state index contributed by atoms with van der Waals surface area (Å²) in [7, 11) is 0. The molecule has 3 rings (SSSR count). The predicted octanol–water partition coefficient (Wildman–Crippen LogP) is 2.57. The molecule has 1 aliphatic rings. The van der Waals surface area contributed by atoms with Gasteiger partial charge in [0.05, 0.1) is 6.04 Å². The second-order valence-electron chi connectivity index (χ2n) is 4.62. The summed E-state index contributed by atoms with van der Waals surface area (Å²) in [5.41, 5.74) is 2.12. The maximum Gasteiger partial charge on any atom is 0.164 e. The van der Waals surface area contributed by atoms with Crippen molar-refractivity contribution >= 4 is 11.6 Å². The molecule has 0 amide bonds. The summed E-state index contributed by atoms with van der Waals surface area (Å²) in [5, 5.41) is 12.8. The largest absolute Gasteiger partial charge is 0.308 e. The lowest BCUT2D eigenvalue weighted by Crippen LogP contribution is -2.32. The number of nitrogens with one attached hydrogen (secondary N) is 1. The fraction of sp³-hybridized carbons (Fsp3) is 0.385. The maximum atomic E-state index is 6.17. The molecule has 1 unspecified atom stereocenters. The van der Waals surface area contributed by atoms with Crippen LogP contribution < -0.4 is 5.32 Å². The number of rotatable bonds is 1. The van der Waals surface area contributed by atoms with Crippen LogP contribution in [0.5, 0.6) is 0 Å². The number of hydrogen-bond donors (Lipinski definition) is 1. The van der Waals surface area contributed by atoms with Gasteiger partial charge >= 0.3 is 0 Å². The molecule has 1 N–H and O–H groups in total. The van der Waals surface area contributed by atoms with Crippen LogP contribution in [0.3, 0.4) is 0 Å². The van der Waals surface area contributed by atoms with Gasteiger partial charge in [-0.3, -0.25) is 0 Å². The van der Waals surface area contributed by atoms with E-state index in [-0.39, 0.29) is 6.04 Å². The van der Waals surface area contributed by atoms with Crippen molar-refractivity contribution in [3.05, 3.63) is 34.6 Å². The minimum atomic E-state index is 0.250. The van der Waals surface area contributed by atoms with E-state index >= 15 is 0 Å². The van der Waals surface area contributed by atoms with Crippen molar-refractivity contribution in [1.82, 2.24) is 20.1 Å². The van der Waals surface area contributed by atoms with Crippen LogP contribution in [0.15, 0.2) is 18.2 Å². The zero-order chi connectivity index (χ0) is 12.7. The molecule has 4 nitrogen and oxygen atoms in total. The summed E-state index contributed by atoms with van der Waals surface area (Å²) in [6, 6.07) is 6.15. The topological polar surface area (TPSA) is 42.7 Å². The number of benzene rings is 1. The fourth-order valence-corrected chi connectivity index (χ4v) is 2.56. The van der Waals surface area contributed by atoms with E-state index in [4.69, 9.17) is 11.6 Å². The van der Waals surface area contributed by atoms with E-state index in [1.165, 1.54) is 0 Å². The Balaban J connectivity index is 2.16. The van der Waals surface area contributed by atoms with Crippen molar-refractivity contribution in [2.24, 2.45) is 0 Å². The molecule has 0 fully saturated rings. The van der Waals surface area contributed by atoms with Crippen molar-refractivity contribution in [1.29, 1.82) is 0 Å². The van der Waals surface area contributed by atoms with Gasteiger partial charge in [0.1, 0.15) is 5.82 Å². The Morgan fingerprint density at radius 3 is 3.06 bits per heavy atom. The van der Waals surface area contributed by atoms with Crippen LogP contribution in [0.1, 0.15) is 24.4 Å². The molecule has 18 heavy (non-hydrogen) atoms. The molecule has 0 radical (unpaired) electrons. The Bertz CT molecular complexity index is 591. The second kappa shape index (κ2) is 4.37. The molecule has 1 atom stereocenters. The van der Waals surface area contributed by atoms with Crippen molar-refractivity contribution < 1.29 is 0 Å². The molecular formula is C13H15ClN4. The Kier molecular flexibility index (Phi) is 2.84. The number of halogens is 1. The molecule has 1 aliphatic heterocycles. The van der Waals surface area contributed by atoms with Crippen LogP contribution in [0.2, 0.25) is 5.02 Å². The maximum absolute atomic E-state index is 6.17. The summed E-state index contributed by atoms with van der Waals surface area (Å²) in [6.07, 6.45) is 0. The third kappa shape index (κ3) is 1.72. The van der Waals surface area contributed by atoms with Gasteiger partial charge in [-0.15, -0.1) is 10.2 Å². The van der Waals surface area contributed by atoms with E-state index < -0.39 is 0 Å². The lowest BCUT2D eigenvalue weighted by molar-refractivity contribution is 0.439. The summed E-state index contributed by atoms with van der Waals surface area (Å²) >= 11 is 6.17. The Hall–Kier alpha value is -1.39. The molecule has 94 valence electrons. The molecule has 0 saturated heterocycles. The summed E-state index contributed by atoms with van der Waals surface area (Å²) in [4.78, 5) is 0. The Morgan fingerprint density at radius 1 is 1.39 bits per heavy atom. The van der Waals surface area contributed by atoms with Gasteiger partial charge in [0.2, 0.25) is 0 Å². The molecule has 5 heteroatoms. The number of aromatic nitrogens is 3. The highest BCUT2D eigenvalue weighted by Crippen LogP contribution is 2.29. The van der Waals surface area contributed by atoms with E-state index in [1.54, 1.807) is 0 Å². The molecular weight excluding hydrogens is 248 g/mol. The smallest absolute Gasteiger partial charge is 0.164 e. The normalized spacial score (nSPS) is 18.7. The van der Waals surface area contributed by atoms with Crippen molar-refractivity contribution in [3.63, 3.8) is 0 Å². The highest BCUT2D eigenvalue weighted by atomic mass is 35.5. The molecule has 2 heterocycles. The molecule has 1 aromatic carbocycles. The van der Waals surface area contributed by atoms with E-state index in [9.17, 15) is 0 Å².